The lowest BCUT2D eigenvalue weighted by Crippen LogP contribution is -2.33. The van der Waals surface area contributed by atoms with Gasteiger partial charge in [0.1, 0.15) is 0 Å². The summed E-state index contributed by atoms with van der Waals surface area (Å²) in [6.07, 6.45) is -0.307. The van der Waals surface area contributed by atoms with E-state index in [4.69, 9.17) is 0 Å². The van der Waals surface area contributed by atoms with E-state index in [1.54, 1.807) is 13.8 Å². The second-order valence-electron chi connectivity index (χ2n) is 6.38. The number of halogens is 3. The van der Waals surface area contributed by atoms with Gasteiger partial charge in [-0.15, -0.1) is 5.10 Å². The molecule has 0 spiro atoms. The third-order valence-electron chi connectivity index (χ3n) is 4.59. The van der Waals surface area contributed by atoms with Crippen molar-refractivity contribution < 1.29 is 18.0 Å². The smallest absolute Gasteiger partial charge is 0.342 e. The van der Waals surface area contributed by atoms with Crippen LogP contribution in [-0.4, -0.2) is 43.5 Å². The summed E-state index contributed by atoms with van der Waals surface area (Å²) in [6.45, 7) is 4.78. The van der Waals surface area contributed by atoms with E-state index in [9.17, 15) is 18.0 Å². The number of aromatic nitrogens is 4. The normalized spacial score (nSPS) is 16.3. The lowest BCUT2D eigenvalue weighted by atomic mass is 10.1. The Morgan fingerprint density at radius 3 is 2.32 bits per heavy atom. The molecule has 0 aromatic carbocycles. The van der Waals surface area contributed by atoms with Crippen LogP contribution in [-0.2, 0) is 17.4 Å². The van der Waals surface area contributed by atoms with Gasteiger partial charge in [0.25, 0.3) is 11.6 Å². The molecule has 0 unspecified atom stereocenters. The van der Waals surface area contributed by atoms with Crippen LogP contribution in [0.1, 0.15) is 48.5 Å². The van der Waals surface area contributed by atoms with Crippen molar-refractivity contribution in [3.05, 3.63) is 22.8 Å². The number of hydrogen-bond donors (Lipinski definition) is 0. The molecule has 0 atom stereocenters. The van der Waals surface area contributed by atoms with Crippen molar-refractivity contribution in [1.29, 1.82) is 0 Å². The monoisotopic (exact) mass is 355 g/mol. The molecule has 0 radical (unpaired) electrons. The van der Waals surface area contributed by atoms with Gasteiger partial charge in [0, 0.05) is 30.0 Å². The molecule has 0 bridgehead atoms. The molecular formula is C16H20F3N5O. The third kappa shape index (κ3) is 3.59. The summed E-state index contributed by atoms with van der Waals surface area (Å²) in [7, 11) is 0. The van der Waals surface area contributed by atoms with E-state index >= 15 is 0 Å². The molecule has 0 aliphatic carbocycles. The second-order valence-corrected chi connectivity index (χ2v) is 6.38. The van der Waals surface area contributed by atoms with Gasteiger partial charge < -0.3 is 4.90 Å². The van der Waals surface area contributed by atoms with E-state index < -0.39 is 12.0 Å². The lowest BCUT2D eigenvalue weighted by molar-refractivity contribution is -0.144. The number of likely N-dealkylation sites (tertiary alicyclic amines) is 1. The van der Waals surface area contributed by atoms with Crippen LogP contribution in [0, 0.1) is 13.8 Å². The minimum atomic E-state index is -4.63. The van der Waals surface area contributed by atoms with Crippen LogP contribution in [0.5, 0.6) is 0 Å². The molecule has 0 saturated carbocycles. The molecule has 1 saturated heterocycles. The van der Waals surface area contributed by atoms with E-state index in [0.717, 1.165) is 43.3 Å². The minimum Gasteiger partial charge on any atom is -0.342 e. The standard InChI is InChI=1S/C16H20F3N5O/c1-10-12(9-13(25)23-7-5-3-4-6-8-23)11(2)24-15(20-10)21-14(22-24)16(17,18)19/h3-9H2,1-2H3. The van der Waals surface area contributed by atoms with Crippen LogP contribution in [0.25, 0.3) is 5.78 Å². The Morgan fingerprint density at radius 2 is 1.72 bits per heavy atom. The summed E-state index contributed by atoms with van der Waals surface area (Å²) in [6, 6.07) is 0. The average Bonchev–Trinajstić information content (AvgIpc) is 2.79. The zero-order valence-corrected chi connectivity index (χ0v) is 14.2. The Labute approximate surface area is 143 Å². The number of nitrogens with zero attached hydrogens (tertiary/aromatic N) is 5. The summed E-state index contributed by atoms with van der Waals surface area (Å²) >= 11 is 0. The van der Waals surface area contributed by atoms with Crippen LogP contribution in [0.2, 0.25) is 0 Å². The lowest BCUT2D eigenvalue weighted by Gasteiger charge is -2.21. The van der Waals surface area contributed by atoms with Gasteiger partial charge in [-0.2, -0.15) is 18.2 Å². The summed E-state index contributed by atoms with van der Waals surface area (Å²) in [5.74, 6) is -1.35. The highest BCUT2D eigenvalue weighted by Gasteiger charge is 2.37. The SMILES string of the molecule is Cc1nc2nc(C(F)(F)F)nn2c(C)c1CC(=O)N1CCCCCC1. The maximum Gasteiger partial charge on any atom is 0.453 e. The maximum atomic E-state index is 12.8. The fraction of sp³-hybridized carbons (Fsp3) is 0.625. The Bertz CT molecular complexity index is 791. The number of carbonyl (C=O) groups is 1. The fourth-order valence-corrected chi connectivity index (χ4v) is 3.17. The van der Waals surface area contributed by atoms with Crippen molar-refractivity contribution in [2.24, 2.45) is 0 Å². The summed E-state index contributed by atoms with van der Waals surface area (Å²) in [4.78, 5) is 22.0. The summed E-state index contributed by atoms with van der Waals surface area (Å²) in [5.41, 5.74) is 1.59. The zero-order valence-electron chi connectivity index (χ0n) is 14.2. The van der Waals surface area contributed by atoms with Crippen molar-refractivity contribution in [1.82, 2.24) is 24.5 Å². The van der Waals surface area contributed by atoms with Crippen LogP contribution in [0.4, 0.5) is 13.2 Å². The number of amides is 1. The highest BCUT2D eigenvalue weighted by Crippen LogP contribution is 2.27. The molecular weight excluding hydrogens is 335 g/mol. The quantitative estimate of drug-likeness (QED) is 0.831. The molecule has 6 nitrogen and oxygen atoms in total. The largest absolute Gasteiger partial charge is 0.453 e. The van der Waals surface area contributed by atoms with E-state index in [-0.39, 0.29) is 18.1 Å². The predicted molar refractivity (Wildman–Crippen MR) is 84.0 cm³/mol. The van der Waals surface area contributed by atoms with Gasteiger partial charge in [0.2, 0.25) is 5.91 Å². The molecule has 3 rings (SSSR count). The minimum absolute atomic E-state index is 0.0228. The molecule has 9 heteroatoms. The first-order chi connectivity index (χ1) is 11.8. The molecule has 1 fully saturated rings. The Hall–Kier alpha value is -2.19. The second kappa shape index (κ2) is 6.61. The van der Waals surface area contributed by atoms with Crippen LogP contribution in [0.15, 0.2) is 0 Å². The fourth-order valence-electron chi connectivity index (χ4n) is 3.17. The first kappa shape index (κ1) is 17.6. The van der Waals surface area contributed by atoms with Gasteiger partial charge in [-0.1, -0.05) is 12.8 Å². The Balaban J connectivity index is 1.91. The number of hydrogen-bond acceptors (Lipinski definition) is 4. The van der Waals surface area contributed by atoms with Gasteiger partial charge in [-0.25, -0.2) is 9.50 Å². The van der Waals surface area contributed by atoms with Crippen LogP contribution >= 0.6 is 0 Å². The highest BCUT2D eigenvalue weighted by atomic mass is 19.4. The average molecular weight is 355 g/mol. The summed E-state index contributed by atoms with van der Waals surface area (Å²) < 4.78 is 39.5. The van der Waals surface area contributed by atoms with Gasteiger partial charge >= 0.3 is 6.18 Å². The number of fused-ring (bicyclic) bond motifs is 1. The van der Waals surface area contributed by atoms with Crippen molar-refractivity contribution in [3.8, 4) is 0 Å². The van der Waals surface area contributed by atoms with Gasteiger partial charge in [-0.05, 0) is 26.7 Å². The molecule has 1 aliphatic rings. The van der Waals surface area contributed by atoms with Crippen LogP contribution in [0.3, 0.4) is 0 Å². The molecule has 3 heterocycles. The van der Waals surface area contributed by atoms with Crippen molar-refractivity contribution in [3.63, 3.8) is 0 Å². The number of alkyl halides is 3. The van der Waals surface area contributed by atoms with E-state index in [1.807, 2.05) is 4.90 Å². The first-order valence-corrected chi connectivity index (χ1v) is 8.35. The predicted octanol–water partition coefficient (Wildman–Crippen LogP) is 2.71. The van der Waals surface area contributed by atoms with Gasteiger partial charge in [-0.3, -0.25) is 4.79 Å². The third-order valence-corrected chi connectivity index (χ3v) is 4.59. The number of rotatable bonds is 2. The van der Waals surface area contributed by atoms with E-state index in [0.29, 0.717) is 17.0 Å². The number of aryl methyl sites for hydroxylation is 2. The van der Waals surface area contributed by atoms with E-state index in [1.165, 1.54) is 0 Å². The van der Waals surface area contributed by atoms with Crippen molar-refractivity contribution in [2.45, 2.75) is 52.1 Å². The Morgan fingerprint density at radius 1 is 1.08 bits per heavy atom. The molecule has 25 heavy (non-hydrogen) atoms. The van der Waals surface area contributed by atoms with Gasteiger partial charge in [0.05, 0.1) is 6.42 Å². The number of carbonyl (C=O) groups excluding carboxylic acids is 1. The van der Waals surface area contributed by atoms with Crippen molar-refractivity contribution >= 4 is 11.7 Å². The molecule has 0 N–H and O–H groups in total. The first-order valence-electron chi connectivity index (χ1n) is 8.35. The van der Waals surface area contributed by atoms with Crippen molar-refractivity contribution in [2.75, 3.05) is 13.1 Å². The molecule has 1 amide bonds. The molecule has 2 aromatic rings. The Kier molecular flexibility index (Phi) is 4.66. The molecule has 136 valence electrons. The summed E-state index contributed by atoms with van der Waals surface area (Å²) in [5, 5.41) is 3.51. The van der Waals surface area contributed by atoms with E-state index in [2.05, 4.69) is 15.1 Å². The van der Waals surface area contributed by atoms with Gasteiger partial charge in [0.15, 0.2) is 0 Å². The maximum absolute atomic E-state index is 12.8. The zero-order chi connectivity index (χ0) is 18.2. The van der Waals surface area contributed by atoms with Crippen LogP contribution < -0.4 is 0 Å². The topological polar surface area (TPSA) is 63.4 Å². The highest BCUT2D eigenvalue weighted by molar-refractivity contribution is 5.79. The molecule has 2 aromatic heterocycles. The molecule has 1 aliphatic heterocycles.